The maximum atomic E-state index is 4.07. The minimum Gasteiger partial charge on any atom is -0.249 e. The van der Waals surface area contributed by atoms with Crippen LogP contribution in [0.5, 0.6) is 0 Å². The van der Waals surface area contributed by atoms with Crippen molar-refractivity contribution in [2.45, 2.75) is 39.7 Å². The first-order valence-electron chi connectivity index (χ1n) is 5.17. The molecule has 1 aromatic rings. The molecule has 1 aromatic heterocycles. The Labute approximate surface area is 99.4 Å². The Kier molecular flexibility index (Phi) is 5.44. The maximum absolute atomic E-state index is 4.07. The lowest BCUT2D eigenvalue weighted by atomic mass is 10.1. The Hall–Kier alpha value is -0.130. The summed E-state index contributed by atoms with van der Waals surface area (Å²) in [4.78, 5) is 0. The molecule has 0 atom stereocenters. The van der Waals surface area contributed by atoms with Gasteiger partial charge in [-0.25, -0.2) is 4.68 Å². The van der Waals surface area contributed by atoms with Crippen molar-refractivity contribution in [3.63, 3.8) is 0 Å². The third-order valence-corrected chi connectivity index (χ3v) is 2.69. The van der Waals surface area contributed by atoms with Crippen LogP contribution >= 0.6 is 22.6 Å². The molecule has 0 aliphatic carbocycles. The van der Waals surface area contributed by atoms with Crippen molar-refractivity contribution in [1.29, 1.82) is 0 Å². The molecular weight excluding hydrogens is 289 g/mol. The van der Waals surface area contributed by atoms with Crippen molar-refractivity contribution in [3.05, 3.63) is 11.9 Å². The van der Waals surface area contributed by atoms with E-state index in [0.717, 1.165) is 23.3 Å². The predicted octanol–water partition coefficient (Wildman–Crippen LogP) is 2.69. The Balaban J connectivity index is 2.37. The van der Waals surface area contributed by atoms with Crippen LogP contribution in [-0.2, 0) is 13.0 Å². The maximum Gasteiger partial charge on any atom is 0.0725 e. The highest BCUT2D eigenvalue weighted by Gasteiger charge is 2.03. The van der Waals surface area contributed by atoms with Crippen LogP contribution in [0.2, 0.25) is 0 Å². The molecule has 1 rings (SSSR count). The van der Waals surface area contributed by atoms with Gasteiger partial charge in [0, 0.05) is 4.43 Å². The molecule has 0 spiro atoms. The summed E-state index contributed by atoms with van der Waals surface area (Å²) >= 11 is 2.36. The summed E-state index contributed by atoms with van der Waals surface area (Å²) in [6.07, 6.45) is 5.54. The van der Waals surface area contributed by atoms with Gasteiger partial charge in [-0.1, -0.05) is 48.1 Å². The van der Waals surface area contributed by atoms with Gasteiger partial charge in [-0.3, -0.25) is 0 Å². The van der Waals surface area contributed by atoms with Crippen LogP contribution in [0.4, 0.5) is 0 Å². The summed E-state index contributed by atoms with van der Waals surface area (Å²) in [6, 6.07) is 0. The molecule has 0 radical (unpaired) electrons. The first-order chi connectivity index (χ1) is 6.74. The molecule has 0 fully saturated rings. The molecule has 0 N–H and O–H groups in total. The molecule has 0 aromatic carbocycles. The van der Waals surface area contributed by atoms with Gasteiger partial charge < -0.3 is 0 Å². The molecule has 4 heteroatoms. The normalized spacial score (nSPS) is 11.1. The Morgan fingerprint density at radius 1 is 1.50 bits per heavy atom. The zero-order chi connectivity index (χ0) is 10.4. The van der Waals surface area contributed by atoms with Crippen LogP contribution in [0.1, 0.15) is 32.4 Å². The molecule has 0 aliphatic heterocycles. The molecular formula is C10H18IN3. The van der Waals surface area contributed by atoms with Crippen molar-refractivity contribution < 1.29 is 0 Å². The number of alkyl halides is 1. The van der Waals surface area contributed by atoms with Crippen molar-refractivity contribution in [2.75, 3.05) is 4.43 Å². The van der Waals surface area contributed by atoms with E-state index in [0.29, 0.717) is 0 Å². The minimum atomic E-state index is 0.795. The molecule has 0 saturated carbocycles. The van der Waals surface area contributed by atoms with Gasteiger partial charge in [0.05, 0.1) is 18.4 Å². The molecule has 0 amide bonds. The number of nitrogens with zero attached hydrogens (tertiary/aromatic N) is 3. The van der Waals surface area contributed by atoms with E-state index >= 15 is 0 Å². The molecule has 14 heavy (non-hydrogen) atoms. The van der Waals surface area contributed by atoms with Crippen LogP contribution in [0.3, 0.4) is 0 Å². The number of halogens is 1. The fourth-order valence-corrected chi connectivity index (χ4v) is 1.89. The monoisotopic (exact) mass is 307 g/mol. The third kappa shape index (κ3) is 3.94. The largest absolute Gasteiger partial charge is 0.249 e. The molecule has 0 saturated heterocycles. The number of rotatable bonds is 6. The molecule has 0 unspecified atom stereocenters. The van der Waals surface area contributed by atoms with E-state index < -0.39 is 0 Å². The van der Waals surface area contributed by atoms with Crippen LogP contribution in [0, 0.1) is 5.92 Å². The van der Waals surface area contributed by atoms with Crippen LogP contribution in [0.15, 0.2) is 6.20 Å². The van der Waals surface area contributed by atoms with Gasteiger partial charge in [0.25, 0.3) is 0 Å². The summed E-state index contributed by atoms with van der Waals surface area (Å²) < 4.78 is 3.12. The van der Waals surface area contributed by atoms with Crippen molar-refractivity contribution >= 4 is 22.6 Å². The summed E-state index contributed by atoms with van der Waals surface area (Å²) in [6.45, 7) is 5.51. The number of hydrogen-bond acceptors (Lipinski definition) is 2. The highest BCUT2D eigenvalue weighted by molar-refractivity contribution is 14.1. The second-order valence-corrected chi connectivity index (χ2v) is 5.00. The summed E-state index contributed by atoms with van der Waals surface area (Å²) in [7, 11) is 0. The lowest BCUT2D eigenvalue weighted by molar-refractivity contribution is 0.534. The van der Waals surface area contributed by atoms with E-state index in [9.17, 15) is 0 Å². The van der Waals surface area contributed by atoms with Crippen LogP contribution in [0.25, 0.3) is 0 Å². The van der Waals surface area contributed by atoms with Gasteiger partial charge in [0.15, 0.2) is 0 Å². The quantitative estimate of drug-likeness (QED) is 0.597. The Bertz CT molecular complexity index is 258. The first kappa shape index (κ1) is 11.9. The topological polar surface area (TPSA) is 30.7 Å². The highest BCUT2D eigenvalue weighted by Crippen LogP contribution is 2.09. The van der Waals surface area contributed by atoms with Gasteiger partial charge in [0.2, 0.25) is 0 Å². The highest BCUT2D eigenvalue weighted by atomic mass is 127. The molecule has 3 nitrogen and oxygen atoms in total. The molecule has 80 valence electrons. The predicted molar refractivity (Wildman–Crippen MR) is 66.7 cm³/mol. The van der Waals surface area contributed by atoms with E-state index in [4.69, 9.17) is 0 Å². The van der Waals surface area contributed by atoms with Crippen molar-refractivity contribution in [1.82, 2.24) is 15.0 Å². The Morgan fingerprint density at radius 3 is 2.93 bits per heavy atom. The smallest absolute Gasteiger partial charge is 0.0725 e. The summed E-state index contributed by atoms with van der Waals surface area (Å²) in [5.74, 6) is 0.795. The van der Waals surface area contributed by atoms with Crippen LogP contribution < -0.4 is 0 Å². The third-order valence-electron chi connectivity index (χ3n) is 2.21. The standard InChI is InChI=1S/C10H18IN3/c1-9(2)4-3-5-10-8-12-13-14(10)7-6-11/h8-9H,3-7H2,1-2H3. The van der Waals surface area contributed by atoms with E-state index in [1.165, 1.54) is 18.5 Å². The molecule has 1 heterocycles. The van der Waals surface area contributed by atoms with Gasteiger partial charge in [-0.05, 0) is 18.8 Å². The van der Waals surface area contributed by atoms with Crippen molar-refractivity contribution in [2.24, 2.45) is 5.92 Å². The molecule has 0 bridgehead atoms. The van der Waals surface area contributed by atoms with Gasteiger partial charge >= 0.3 is 0 Å². The fraction of sp³-hybridized carbons (Fsp3) is 0.800. The second-order valence-electron chi connectivity index (χ2n) is 3.92. The van der Waals surface area contributed by atoms with Gasteiger partial charge in [-0.15, -0.1) is 5.10 Å². The van der Waals surface area contributed by atoms with E-state index in [1.54, 1.807) is 0 Å². The zero-order valence-electron chi connectivity index (χ0n) is 8.91. The summed E-state index contributed by atoms with van der Waals surface area (Å²) in [5, 5.41) is 8.01. The molecule has 0 aliphatic rings. The van der Waals surface area contributed by atoms with E-state index in [1.807, 2.05) is 10.9 Å². The SMILES string of the molecule is CC(C)CCCc1cnnn1CCI. The lowest BCUT2D eigenvalue weighted by Gasteiger charge is -2.05. The second kappa shape index (κ2) is 6.37. The number of aromatic nitrogens is 3. The lowest BCUT2D eigenvalue weighted by Crippen LogP contribution is -2.06. The Morgan fingerprint density at radius 2 is 2.29 bits per heavy atom. The minimum absolute atomic E-state index is 0.795. The van der Waals surface area contributed by atoms with E-state index in [-0.39, 0.29) is 0 Å². The van der Waals surface area contributed by atoms with Crippen molar-refractivity contribution in [3.8, 4) is 0 Å². The number of aryl methyl sites for hydroxylation is 2. The zero-order valence-corrected chi connectivity index (χ0v) is 11.1. The number of hydrogen-bond donors (Lipinski definition) is 0. The van der Waals surface area contributed by atoms with Crippen LogP contribution in [-0.4, -0.2) is 19.4 Å². The van der Waals surface area contributed by atoms with E-state index in [2.05, 4.69) is 46.8 Å². The fourth-order valence-electron chi connectivity index (χ4n) is 1.43. The van der Waals surface area contributed by atoms with Gasteiger partial charge in [-0.2, -0.15) is 0 Å². The average molecular weight is 307 g/mol. The van der Waals surface area contributed by atoms with Gasteiger partial charge in [0.1, 0.15) is 0 Å². The summed E-state index contributed by atoms with van der Waals surface area (Å²) in [5.41, 5.74) is 1.28. The first-order valence-corrected chi connectivity index (χ1v) is 6.70. The average Bonchev–Trinajstić information content (AvgIpc) is 2.53.